The first-order chi connectivity index (χ1) is 13.6. The fourth-order valence-electron chi connectivity index (χ4n) is 3.43. The number of nitrogens with one attached hydrogen (secondary N) is 1. The molecule has 1 N–H and O–H groups in total. The summed E-state index contributed by atoms with van der Waals surface area (Å²) in [6.45, 7) is 2.66. The molecular formula is C21H22N4O3. The van der Waals surface area contributed by atoms with Gasteiger partial charge in [0.2, 0.25) is 11.7 Å². The molecule has 4 rings (SSSR count). The first-order valence-electron chi connectivity index (χ1n) is 9.26. The van der Waals surface area contributed by atoms with Crippen LogP contribution in [-0.4, -0.2) is 34.7 Å². The average Bonchev–Trinajstić information content (AvgIpc) is 3.37. The van der Waals surface area contributed by atoms with E-state index in [0.717, 1.165) is 24.0 Å². The summed E-state index contributed by atoms with van der Waals surface area (Å²) in [5.41, 5.74) is 2.71. The minimum Gasteiger partial charge on any atom is -0.497 e. The fraction of sp³-hybridized carbons (Fsp3) is 0.286. The van der Waals surface area contributed by atoms with E-state index in [2.05, 4.69) is 15.5 Å². The topological polar surface area (TPSA) is 80.5 Å². The van der Waals surface area contributed by atoms with Gasteiger partial charge in [0.15, 0.2) is 0 Å². The second kappa shape index (κ2) is 7.72. The lowest BCUT2D eigenvalue weighted by atomic mass is 10.1. The molecule has 2 heterocycles. The molecule has 28 heavy (non-hydrogen) atoms. The third-order valence-electron chi connectivity index (χ3n) is 4.84. The number of hydrogen-bond acceptors (Lipinski definition) is 5. The third-order valence-corrected chi connectivity index (χ3v) is 4.84. The van der Waals surface area contributed by atoms with Crippen LogP contribution in [0.3, 0.4) is 0 Å². The van der Waals surface area contributed by atoms with Gasteiger partial charge in [-0.1, -0.05) is 35.0 Å². The SMILES string of the molecule is COc1cccc(NC(=O)N2CCCC2c2nc(-c3cccc(C)c3)no2)c1. The van der Waals surface area contributed by atoms with E-state index in [0.29, 0.717) is 29.7 Å². The number of carbonyl (C=O) groups is 1. The second-order valence-electron chi connectivity index (χ2n) is 6.84. The minimum atomic E-state index is -0.225. The highest BCUT2D eigenvalue weighted by Crippen LogP contribution is 2.32. The lowest BCUT2D eigenvalue weighted by molar-refractivity contribution is 0.193. The highest BCUT2D eigenvalue weighted by molar-refractivity contribution is 5.90. The predicted molar refractivity (Wildman–Crippen MR) is 105 cm³/mol. The monoisotopic (exact) mass is 378 g/mol. The lowest BCUT2D eigenvalue weighted by Crippen LogP contribution is -2.34. The number of ether oxygens (including phenoxy) is 1. The number of nitrogens with zero attached hydrogens (tertiary/aromatic N) is 3. The van der Waals surface area contributed by atoms with Crippen LogP contribution in [0.5, 0.6) is 5.75 Å². The molecule has 1 saturated heterocycles. The first kappa shape index (κ1) is 18.0. The third kappa shape index (κ3) is 3.69. The van der Waals surface area contributed by atoms with Gasteiger partial charge in [-0.2, -0.15) is 4.98 Å². The number of carbonyl (C=O) groups excluding carboxylic acids is 1. The van der Waals surface area contributed by atoms with Crippen molar-refractivity contribution in [1.82, 2.24) is 15.0 Å². The van der Waals surface area contributed by atoms with Crippen LogP contribution in [0.2, 0.25) is 0 Å². The molecule has 0 spiro atoms. The Morgan fingerprint density at radius 2 is 2.11 bits per heavy atom. The molecule has 0 aliphatic carbocycles. The van der Waals surface area contributed by atoms with Gasteiger partial charge in [-0.3, -0.25) is 0 Å². The molecule has 1 fully saturated rings. The molecular weight excluding hydrogens is 356 g/mol. The highest BCUT2D eigenvalue weighted by Gasteiger charge is 2.34. The van der Waals surface area contributed by atoms with Gasteiger partial charge in [-0.15, -0.1) is 0 Å². The van der Waals surface area contributed by atoms with Crippen LogP contribution in [0.25, 0.3) is 11.4 Å². The van der Waals surface area contributed by atoms with Crippen LogP contribution < -0.4 is 10.1 Å². The van der Waals surface area contributed by atoms with Crippen LogP contribution in [0, 0.1) is 6.92 Å². The number of benzene rings is 2. The van der Waals surface area contributed by atoms with E-state index in [1.807, 2.05) is 49.4 Å². The first-order valence-corrected chi connectivity index (χ1v) is 9.26. The Morgan fingerprint density at radius 3 is 2.93 bits per heavy atom. The number of urea groups is 1. The summed E-state index contributed by atoms with van der Waals surface area (Å²) in [4.78, 5) is 19.1. The summed E-state index contributed by atoms with van der Waals surface area (Å²) in [6.07, 6.45) is 1.68. The molecule has 0 radical (unpaired) electrons. The van der Waals surface area contributed by atoms with Crippen molar-refractivity contribution in [3.05, 3.63) is 60.0 Å². The average molecular weight is 378 g/mol. The maximum absolute atomic E-state index is 12.8. The summed E-state index contributed by atoms with van der Waals surface area (Å²) in [5, 5.41) is 7.03. The molecule has 1 aliphatic heterocycles. The second-order valence-corrected chi connectivity index (χ2v) is 6.84. The van der Waals surface area contributed by atoms with Crippen molar-refractivity contribution in [2.75, 3.05) is 19.0 Å². The van der Waals surface area contributed by atoms with E-state index in [-0.39, 0.29) is 12.1 Å². The molecule has 0 saturated carbocycles. The molecule has 1 unspecified atom stereocenters. The van der Waals surface area contributed by atoms with Crippen LogP contribution in [0.15, 0.2) is 53.1 Å². The Bertz CT molecular complexity index is 985. The predicted octanol–water partition coefficient (Wildman–Crippen LogP) is 4.42. The molecule has 2 amide bonds. The number of aryl methyl sites for hydroxylation is 1. The molecule has 3 aromatic rings. The van der Waals surface area contributed by atoms with Gasteiger partial charge in [0.1, 0.15) is 11.8 Å². The fourth-order valence-corrected chi connectivity index (χ4v) is 3.43. The van der Waals surface area contributed by atoms with E-state index < -0.39 is 0 Å². The van der Waals surface area contributed by atoms with Gasteiger partial charge in [-0.05, 0) is 38.0 Å². The Kier molecular flexibility index (Phi) is 4.97. The summed E-state index contributed by atoms with van der Waals surface area (Å²) < 4.78 is 10.7. The van der Waals surface area contributed by atoms with Gasteiger partial charge in [0.25, 0.3) is 0 Å². The molecule has 1 aromatic heterocycles. The largest absolute Gasteiger partial charge is 0.497 e. The van der Waals surface area contributed by atoms with Crippen molar-refractivity contribution in [1.29, 1.82) is 0 Å². The van der Waals surface area contributed by atoms with Gasteiger partial charge >= 0.3 is 6.03 Å². The van der Waals surface area contributed by atoms with Crippen molar-refractivity contribution in [2.24, 2.45) is 0 Å². The van der Waals surface area contributed by atoms with E-state index >= 15 is 0 Å². The van der Waals surface area contributed by atoms with Crippen molar-refractivity contribution < 1.29 is 14.1 Å². The van der Waals surface area contributed by atoms with Crippen LogP contribution in [-0.2, 0) is 0 Å². The van der Waals surface area contributed by atoms with Crippen molar-refractivity contribution in [3.63, 3.8) is 0 Å². The van der Waals surface area contributed by atoms with Gasteiger partial charge in [-0.25, -0.2) is 4.79 Å². The summed E-state index contributed by atoms with van der Waals surface area (Å²) in [7, 11) is 1.60. The standard InChI is InChI=1S/C21H22N4O3/c1-14-6-3-7-15(12-14)19-23-20(28-24-19)18-10-5-11-25(18)21(26)22-16-8-4-9-17(13-16)27-2/h3-4,6-9,12-13,18H,5,10-11H2,1-2H3,(H,22,26). The van der Waals surface area contributed by atoms with E-state index in [9.17, 15) is 4.79 Å². The molecule has 7 heteroatoms. The van der Waals surface area contributed by atoms with Crippen LogP contribution in [0.4, 0.5) is 10.5 Å². The number of rotatable bonds is 4. The highest BCUT2D eigenvalue weighted by atomic mass is 16.5. The number of amides is 2. The van der Waals surface area contributed by atoms with Gasteiger partial charge in [0, 0.05) is 23.9 Å². The van der Waals surface area contributed by atoms with Crippen molar-refractivity contribution >= 4 is 11.7 Å². The minimum absolute atomic E-state index is 0.189. The maximum atomic E-state index is 12.8. The summed E-state index contributed by atoms with van der Waals surface area (Å²) >= 11 is 0. The van der Waals surface area contributed by atoms with E-state index in [1.165, 1.54) is 0 Å². The van der Waals surface area contributed by atoms with E-state index in [1.54, 1.807) is 18.1 Å². The van der Waals surface area contributed by atoms with E-state index in [4.69, 9.17) is 9.26 Å². The number of methoxy groups -OCH3 is 1. The van der Waals surface area contributed by atoms with Gasteiger partial charge in [0.05, 0.1) is 7.11 Å². The van der Waals surface area contributed by atoms with Crippen molar-refractivity contribution in [3.8, 4) is 17.1 Å². The Labute approximate surface area is 163 Å². The maximum Gasteiger partial charge on any atom is 0.322 e. The molecule has 1 aliphatic rings. The smallest absolute Gasteiger partial charge is 0.322 e. The van der Waals surface area contributed by atoms with Crippen LogP contribution >= 0.6 is 0 Å². The Morgan fingerprint density at radius 1 is 1.25 bits per heavy atom. The summed E-state index contributed by atoms with van der Waals surface area (Å²) in [5.74, 6) is 1.70. The van der Waals surface area contributed by atoms with Gasteiger partial charge < -0.3 is 19.5 Å². The Balaban J connectivity index is 1.51. The number of hydrogen-bond donors (Lipinski definition) is 1. The zero-order valence-electron chi connectivity index (χ0n) is 15.9. The number of aromatic nitrogens is 2. The normalized spacial score (nSPS) is 16.2. The Hall–Kier alpha value is -3.35. The number of anilines is 1. The summed E-state index contributed by atoms with van der Waals surface area (Å²) in [6, 6.07) is 14.8. The quantitative estimate of drug-likeness (QED) is 0.727. The molecule has 2 aromatic carbocycles. The number of likely N-dealkylation sites (tertiary alicyclic amines) is 1. The molecule has 0 bridgehead atoms. The zero-order chi connectivity index (χ0) is 19.5. The zero-order valence-corrected chi connectivity index (χ0v) is 15.9. The molecule has 7 nitrogen and oxygen atoms in total. The molecule has 144 valence electrons. The van der Waals surface area contributed by atoms with Crippen LogP contribution in [0.1, 0.15) is 30.3 Å². The van der Waals surface area contributed by atoms with Crippen molar-refractivity contribution in [2.45, 2.75) is 25.8 Å². The lowest BCUT2D eigenvalue weighted by Gasteiger charge is -2.22. The molecule has 1 atom stereocenters.